The van der Waals surface area contributed by atoms with E-state index in [4.69, 9.17) is 0 Å². The van der Waals surface area contributed by atoms with Crippen LogP contribution in [0.3, 0.4) is 0 Å². The van der Waals surface area contributed by atoms with Crippen molar-refractivity contribution in [3.05, 3.63) is 35.9 Å². The van der Waals surface area contributed by atoms with Crippen LogP contribution < -0.4 is 5.43 Å². The van der Waals surface area contributed by atoms with Crippen molar-refractivity contribution in [1.82, 2.24) is 5.43 Å². The molecule has 19 heavy (non-hydrogen) atoms. The highest BCUT2D eigenvalue weighted by Gasteiger charge is 1.98. The average Bonchev–Trinajstić information content (AvgIpc) is 2.44. The lowest BCUT2D eigenvalue weighted by atomic mass is 10.1. The van der Waals surface area contributed by atoms with Gasteiger partial charge in [0.1, 0.15) is 0 Å². The molecule has 1 aromatic carbocycles. The quantitative estimate of drug-likeness (QED) is 0.410. The first-order chi connectivity index (χ1) is 9.33. The minimum atomic E-state index is 0.0146. The van der Waals surface area contributed by atoms with Crippen LogP contribution in [0.2, 0.25) is 0 Å². The fraction of sp³-hybridized carbons (Fsp3) is 0.500. The summed E-state index contributed by atoms with van der Waals surface area (Å²) in [5, 5.41) is 3.96. The molecule has 0 saturated carbocycles. The normalized spacial score (nSPS) is 10.8. The summed E-state index contributed by atoms with van der Waals surface area (Å²) in [5.41, 5.74) is 3.77. The highest BCUT2D eigenvalue weighted by Crippen LogP contribution is 2.04. The number of amides is 1. The summed E-state index contributed by atoms with van der Waals surface area (Å²) >= 11 is 0. The number of hydrogen-bond donors (Lipinski definition) is 1. The molecule has 1 rings (SSSR count). The van der Waals surface area contributed by atoms with Gasteiger partial charge in [-0.1, -0.05) is 62.9 Å². The smallest absolute Gasteiger partial charge is 0.240 e. The van der Waals surface area contributed by atoms with E-state index in [-0.39, 0.29) is 5.91 Å². The summed E-state index contributed by atoms with van der Waals surface area (Å²) in [4.78, 5) is 11.5. The van der Waals surface area contributed by atoms with E-state index in [0.29, 0.717) is 6.42 Å². The van der Waals surface area contributed by atoms with Gasteiger partial charge in [-0.25, -0.2) is 5.43 Å². The fourth-order valence-electron chi connectivity index (χ4n) is 1.83. The van der Waals surface area contributed by atoms with Gasteiger partial charge >= 0.3 is 0 Å². The van der Waals surface area contributed by atoms with Gasteiger partial charge in [-0.05, 0) is 12.0 Å². The second-order valence-electron chi connectivity index (χ2n) is 4.70. The van der Waals surface area contributed by atoms with Crippen molar-refractivity contribution in [3.63, 3.8) is 0 Å². The first kappa shape index (κ1) is 15.4. The zero-order valence-corrected chi connectivity index (χ0v) is 11.8. The largest absolute Gasteiger partial charge is 0.273 e. The number of nitrogens with one attached hydrogen (secondary N) is 1. The van der Waals surface area contributed by atoms with Gasteiger partial charge in [0, 0.05) is 19.1 Å². The van der Waals surface area contributed by atoms with E-state index in [1.54, 1.807) is 6.21 Å². The molecule has 0 aliphatic carbocycles. The molecule has 0 aromatic heterocycles. The Labute approximate surface area is 116 Å². The molecular formula is C16H24N2O. The maximum absolute atomic E-state index is 11.5. The summed E-state index contributed by atoms with van der Waals surface area (Å²) in [6, 6.07) is 10.1. The molecule has 0 saturated heterocycles. The number of benzene rings is 1. The fourth-order valence-corrected chi connectivity index (χ4v) is 1.83. The molecule has 0 heterocycles. The van der Waals surface area contributed by atoms with Crippen molar-refractivity contribution in [2.75, 3.05) is 0 Å². The van der Waals surface area contributed by atoms with Crippen LogP contribution >= 0.6 is 0 Å². The molecule has 0 bridgehead atoms. The molecule has 104 valence electrons. The molecule has 0 spiro atoms. The molecule has 1 amide bonds. The van der Waals surface area contributed by atoms with Crippen LogP contribution in [0.15, 0.2) is 35.4 Å². The monoisotopic (exact) mass is 260 g/mol. The third-order valence-electron chi connectivity index (χ3n) is 2.96. The third-order valence-corrected chi connectivity index (χ3v) is 2.96. The third kappa shape index (κ3) is 8.14. The highest BCUT2D eigenvalue weighted by atomic mass is 16.2. The SMILES string of the molecule is CCCCCCCC(=O)N/N=C/Cc1ccccc1. The lowest BCUT2D eigenvalue weighted by Crippen LogP contribution is -2.17. The Bertz CT molecular complexity index is 374. The summed E-state index contributed by atoms with van der Waals surface area (Å²) in [6.07, 6.45) is 8.87. The van der Waals surface area contributed by atoms with Crippen LogP contribution in [-0.4, -0.2) is 12.1 Å². The van der Waals surface area contributed by atoms with Crippen LogP contribution in [0.1, 0.15) is 51.0 Å². The van der Waals surface area contributed by atoms with Gasteiger partial charge < -0.3 is 0 Å². The zero-order chi connectivity index (χ0) is 13.8. The van der Waals surface area contributed by atoms with E-state index < -0.39 is 0 Å². The molecule has 0 atom stereocenters. The molecular weight excluding hydrogens is 236 g/mol. The predicted octanol–water partition coefficient (Wildman–Crippen LogP) is 3.69. The minimum absolute atomic E-state index is 0.0146. The van der Waals surface area contributed by atoms with Crippen LogP contribution in [0, 0.1) is 0 Å². The van der Waals surface area contributed by atoms with Crippen molar-refractivity contribution >= 4 is 12.1 Å². The molecule has 1 N–H and O–H groups in total. The van der Waals surface area contributed by atoms with E-state index in [2.05, 4.69) is 17.5 Å². The summed E-state index contributed by atoms with van der Waals surface area (Å²) < 4.78 is 0. The lowest BCUT2D eigenvalue weighted by Gasteiger charge is -2.00. The van der Waals surface area contributed by atoms with Gasteiger partial charge in [0.2, 0.25) is 5.91 Å². The number of carbonyl (C=O) groups excluding carboxylic acids is 1. The van der Waals surface area contributed by atoms with E-state index in [9.17, 15) is 4.79 Å². The average molecular weight is 260 g/mol. The van der Waals surface area contributed by atoms with Gasteiger partial charge in [0.05, 0.1) is 0 Å². The van der Waals surface area contributed by atoms with E-state index in [1.165, 1.54) is 24.8 Å². The second-order valence-corrected chi connectivity index (χ2v) is 4.70. The Balaban J connectivity index is 2.06. The minimum Gasteiger partial charge on any atom is -0.273 e. The van der Waals surface area contributed by atoms with Crippen molar-refractivity contribution in [2.24, 2.45) is 5.10 Å². The Morgan fingerprint density at radius 1 is 1.16 bits per heavy atom. The molecule has 3 nitrogen and oxygen atoms in total. The summed E-state index contributed by atoms with van der Waals surface area (Å²) in [5.74, 6) is 0.0146. The number of unbranched alkanes of at least 4 members (excludes halogenated alkanes) is 4. The first-order valence-electron chi connectivity index (χ1n) is 7.17. The second kappa shape index (κ2) is 10.3. The van der Waals surface area contributed by atoms with E-state index >= 15 is 0 Å². The van der Waals surface area contributed by atoms with Crippen LogP contribution in [0.25, 0.3) is 0 Å². The van der Waals surface area contributed by atoms with Gasteiger partial charge in [-0.3, -0.25) is 4.79 Å². The van der Waals surface area contributed by atoms with Crippen molar-refractivity contribution in [1.29, 1.82) is 0 Å². The maximum Gasteiger partial charge on any atom is 0.240 e. The number of hydrazone groups is 1. The molecule has 3 heteroatoms. The maximum atomic E-state index is 11.5. The van der Waals surface area contributed by atoms with E-state index in [1.807, 2.05) is 30.3 Å². The molecule has 0 radical (unpaired) electrons. The van der Waals surface area contributed by atoms with Crippen molar-refractivity contribution in [2.45, 2.75) is 51.9 Å². The Morgan fingerprint density at radius 3 is 2.63 bits per heavy atom. The molecule has 0 aliphatic rings. The van der Waals surface area contributed by atoms with Gasteiger partial charge in [-0.2, -0.15) is 5.10 Å². The van der Waals surface area contributed by atoms with Crippen molar-refractivity contribution in [3.8, 4) is 0 Å². The topological polar surface area (TPSA) is 41.5 Å². The Kier molecular flexibility index (Phi) is 8.36. The van der Waals surface area contributed by atoms with E-state index in [0.717, 1.165) is 19.3 Å². The summed E-state index contributed by atoms with van der Waals surface area (Å²) in [7, 11) is 0. The molecule has 0 unspecified atom stereocenters. The Morgan fingerprint density at radius 2 is 1.89 bits per heavy atom. The zero-order valence-electron chi connectivity index (χ0n) is 11.8. The number of carbonyl (C=O) groups is 1. The van der Waals surface area contributed by atoms with Crippen molar-refractivity contribution < 1.29 is 4.79 Å². The highest BCUT2D eigenvalue weighted by molar-refractivity contribution is 5.76. The first-order valence-corrected chi connectivity index (χ1v) is 7.17. The van der Waals surface area contributed by atoms with Gasteiger partial charge in [0.25, 0.3) is 0 Å². The van der Waals surface area contributed by atoms with Gasteiger partial charge in [0.15, 0.2) is 0 Å². The van der Waals surface area contributed by atoms with Gasteiger partial charge in [-0.15, -0.1) is 0 Å². The van der Waals surface area contributed by atoms with Crippen LogP contribution in [-0.2, 0) is 11.2 Å². The predicted molar refractivity (Wildman–Crippen MR) is 80.2 cm³/mol. The van der Waals surface area contributed by atoms with Crippen LogP contribution in [0.5, 0.6) is 0 Å². The van der Waals surface area contributed by atoms with Crippen LogP contribution in [0.4, 0.5) is 0 Å². The lowest BCUT2D eigenvalue weighted by molar-refractivity contribution is -0.121. The molecule has 0 aliphatic heterocycles. The molecule has 1 aromatic rings. The summed E-state index contributed by atoms with van der Waals surface area (Å²) in [6.45, 7) is 2.19. The Hall–Kier alpha value is -1.64. The standard InChI is InChI=1S/C16H24N2O/c1-2-3-4-5-9-12-16(19)18-17-14-13-15-10-7-6-8-11-15/h6-8,10-11,14H,2-5,9,12-13H2,1H3,(H,18,19)/b17-14+. The number of nitrogens with zero attached hydrogens (tertiary/aromatic N) is 1. The number of hydrogen-bond acceptors (Lipinski definition) is 2. The number of rotatable bonds is 9. The molecule has 0 fully saturated rings.